The first-order valence-electron chi connectivity index (χ1n) is 36.8. The zero-order valence-electron chi connectivity index (χ0n) is 59.1. The summed E-state index contributed by atoms with van der Waals surface area (Å²) < 4.78 is 68.3. The molecule has 0 spiro atoms. The summed E-state index contributed by atoms with van der Waals surface area (Å²) in [6, 6.07) is 0. The maximum Gasteiger partial charge on any atom is 0.472 e. The molecule has 3 N–H and O–H groups in total. The molecule has 0 rings (SSSR count). The van der Waals surface area contributed by atoms with Gasteiger partial charge in [-0.05, 0) is 116 Å². The third-order valence-corrected chi connectivity index (χ3v) is 17.2. The molecule has 0 saturated heterocycles. The number of esters is 4. The van der Waals surface area contributed by atoms with Crippen molar-refractivity contribution >= 4 is 39.5 Å². The summed E-state index contributed by atoms with van der Waals surface area (Å²) in [4.78, 5) is 72.6. The number of unbranched alkanes of at least 4 members (excludes halogenated alkanes) is 29. The summed E-state index contributed by atoms with van der Waals surface area (Å²) in [7, 11) is -9.94. The number of aliphatic hydroxyl groups is 1. The zero-order valence-corrected chi connectivity index (χ0v) is 60.9. The molecule has 0 radical (unpaired) electrons. The number of carbonyl (C=O) groups is 4. The van der Waals surface area contributed by atoms with Crippen LogP contribution in [0.25, 0.3) is 0 Å². The highest BCUT2D eigenvalue weighted by Gasteiger charge is 2.30. The Morgan fingerprint density at radius 3 is 0.915 bits per heavy atom. The van der Waals surface area contributed by atoms with Gasteiger partial charge in [0.15, 0.2) is 12.2 Å². The van der Waals surface area contributed by atoms with Crippen molar-refractivity contribution in [3.63, 3.8) is 0 Å². The minimum atomic E-state index is -4.98. The van der Waals surface area contributed by atoms with E-state index in [1.807, 2.05) is 0 Å². The fourth-order valence-corrected chi connectivity index (χ4v) is 11.3. The van der Waals surface area contributed by atoms with Gasteiger partial charge in [-0.1, -0.05) is 254 Å². The van der Waals surface area contributed by atoms with Crippen molar-refractivity contribution in [3.05, 3.63) is 85.1 Å². The molecule has 5 atom stereocenters. The third kappa shape index (κ3) is 66.8. The molecule has 0 aliphatic rings. The standard InChI is InChI=1S/C75H132O17P2/c1-5-9-13-17-21-25-29-31-33-34-36-37-41-44-48-52-56-60-73(78)86-66-71(92-75(80)62-58-54-50-46-42-38-35-32-30-26-22-18-14-10-6-2)68-90-94(83,84)88-64-69(76)63-87-93(81,82)89-67-70(91-74(79)61-57-53-49-45-40-28-24-20-16-12-8-4)65-85-72(77)59-55-51-47-43-39-27-23-19-15-11-7-3/h9,13,19,21-23,25-26,31-33,35-37,69-71,76H,5-8,10-12,14-18,20,24,27-30,34,38-68H2,1-4H3,(H,81,82)(H,83,84)/b13-9-,23-19-,25-21-,26-22-,33-31-,35-32-,37-36-. The number of phosphoric ester groups is 2. The molecule has 5 unspecified atom stereocenters. The quantitative estimate of drug-likeness (QED) is 0.0169. The fraction of sp³-hybridized carbons (Fsp3) is 0.760. The van der Waals surface area contributed by atoms with Crippen molar-refractivity contribution < 1.29 is 80.2 Å². The van der Waals surface area contributed by atoms with Crippen LogP contribution in [0.15, 0.2) is 85.1 Å². The van der Waals surface area contributed by atoms with Crippen molar-refractivity contribution in [3.8, 4) is 0 Å². The Morgan fingerprint density at radius 1 is 0.309 bits per heavy atom. The van der Waals surface area contributed by atoms with Gasteiger partial charge in [-0.2, -0.15) is 0 Å². The Kier molecular flexibility index (Phi) is 65.1. The van der Waals surface area contributed by atoms with Crippen molar-refractivity contribution in [2.45, 2.75) is 329 Å². The van der Waals surface area contributed by atoms with Crippen LogP contribution >= 0.6 is 15.6 Å². The second-order valence-corrected chi connectivity index (χ2v) is 27.4. The minimum Gasteiger partial charge on any atom is -0.462 e. The van der Waals surface area contributed by atoms with E-state index in [0.29, 0.717) is 25.7 Å². The molecule has 0 aromatic carbocycles. The largest absolute Gasteiger partial charge is 0.472 e. The van der Waals surface area contributed by atoms with Crippen molar-refractivity contribution in [1.29, 1.82) is 0 Å². The van der Waals surface area contributed by atoms with Crippen LogP contribution in [0.2, 0.25) is 0 Å². The first kappa shape index (κ1) is 90.2. The van der Waals surface area contributed by atoms with Crippen LogP contribution in [0, 0.1) is 0 Å². The van der Waals surface area contributed by atoms with Crippen LogP contribution in [-0.2, 0) is 65.4 Å². The molecule has 0 aliphatic heterocycles. The topological polar surface area (TPSA) is 237 Å². The summed E-state index contributed by atoms with van der Waals surface area (Å²) in [5, 5.41) is 10.6. The van der Waals surface area contributed by atoms with Crippen LogP contribution in [0.3, 0.4) is 0 Å². The molecule has 0 aliphatic carbocycles. The number of ether oxygens (including phenoxy) is 4. The second-order valence-electron chi connectivity index (χ2n) is 24.5. The average Bonchev–Trinajstić information content (AvgIpc) is 1.29. The number of hydrogen-bond donors (Lipinski definition) is 3. The third-order valence-electron chi connectivity index (χ3n) is 15.3. The first-order chi connectivity index (χ1) is 45.7. The summed E-state index contributed by atoms with van der Waals surface area (Å²) in [6.07, 6.45) is 67.3. The van der Waals surface area contributed by atoms with Gasteiger partial charge in [-0.25, -0.2) is 9.13 Å². The molecule has 0 aromatic rings. The summed E-state index contributed by atoms with van der Waals surface area (Å²) in [5.41, 5.74) is 0. The van der Waals surface area contributed by atoms with E-state index in [-0.39, 0.29) is 25.7 Å². The van der Waals surface area contributed by atoms with Gasteiger partial charge in [0.2, 0.25) is 0 Å². The van der Waals surface area contributed by atoms with E-state index < -0.39 is 97.5 Å². The summed E-state index contributed by atoms with van der Waals surface area (Å²) in [5.74, 6) is -2.21. The van der Waals surface area contributed by atoms with E-state index in [1.54, 1.807) is 0 Å². The lowest BCUT2D eigenvalue weighted by Gasteiger charge is -2.21. The number of phosphoric acid groups is 2. The van der Waals surface area contributed by atoms with E-state index in [2.05, 4.69) is 113 Å². The molecule has 0 bridgehead atoms. The highest BCUT2D eigenvalue weighted by atomic mass is 31.2. The lowest BCUT2D eigenvalue weighted by atomic mass is 10.1. The van der Waals surface area contributed by atoms with Crippen molar-refractivity contribution in [1.82, 2.24) is 0 Å². The molecule has 19 heteroatoms. The van der Waals surface area contributed by atoms with Gasteiger partial charge in [-0.3, -0.25) is 37.3 Å². The average molecular weight is 1370 g/mol. The van der Waals surface area contributed by atoms with Gasteiger partial charge >= 0.3 is 39.5 Å². The van der Waals surface area contributed by atoms with E-state index in [1.165, 1.54) is 70.6 Å². The Hall–Kier alpha value is -3.76. The number of rotatable bonds is 69. The molecule has 0 aromatic heterocycles. The van der Waals surface area contributed by atoms with Gasteiger partial charge in [0, 0.05) is 25.7 Å². The lowest BCUT2D eigenvalue weighted by Crippen LogP contribution is -2.30. The number of aliphatic hydroxyl groups excluding tert-OH is 1. The van der Waals surface area contributed by atoms with Crippen LogP contribution < -0.4 is 0 Å². The smallest absolute Gasteiger partial charge is 0.462 e. The Bertz CT molecular complexity index is 2120. The van der Waals surface area contributed by atoms with Gasteiger partial charge in [0.25, 0.3) is 0 Å². The highest BCUT2D eigenvalue weighted by Crippen LogP contribution is 2.45. The van der Waals surface area contributed by atoms with Gasteiger partial charge in [0.05, 0.1) is 26.4 Å². The Labute approximate surface area is 570 Å². The van der Waals surface area contributed by atoms with Crippen LogP contribution in [0.4, 0.5) is 0 Å². The van der Waals surface area contributed by atoms with E-state index in [4.69, 9.17) is 37.0 Å². The van der Waals surface area contributed by atoms with Crippen LogP contribution in [-0.4, -0.2) is 96.7 Å². The molecule has 94 heavy (non-hydrogen) atoms. The van der Waals surface area contributed by atoms with E-state index >= 15 is 0 Å². The number of allylic oxidation sites excluding steroid dienone is 14. The molecule has 0 saturated carbocycles. The second kappa shape index (κ2) is 67.8. The van der Waals surface area contributed by atoms with Gasteiger partial charge < -0.3 is 33.8 Å². The predicted octanol–water partition coefficient (Wildman–Crippen LogP) is 20.7. The SMILES string of the molecule is CC/C=C\C/C=C\C/C=C\C/C=C\CCCCCCC(=O)OCC(COP(=O)(O)OCC(O)COP(=O)(O)OCC(COC(=O)CCCCCCC/C=C\CCCC)OC(=O)CCCCCCCCCCCCC)OC(=O)CCCCCCC/C=C\C/C=C\CCCCC. The molecule has 0 amide bonds. The van der Waals surface area contributed by atoms with Gasteiger partial charge in [0.1, 0.15) is 19.3 Å². The summed E-state index contributed by atoms with van der Waals surface area (Å²) in [6.45, 7) is 4.65. The monoisotopic (exact) mass is 1370 g/mol. The first-order valence-corrected chi connectivity index (χ1v) is 39.8. The molecule has 0 fully saturated rings. The minimum absolute atomic E-state index is 0.0741. The molecule has 17 nitrogen and oxygen atoms in total. The predicted molar refractivity (Wildman–Crippen MR) is 381 cm³/mol. The maximum atomic E-state index is 13.1. The highest BCUT2D eigenvalue weighted by molar-refractivity contribution is 7.47. The normalized spacial score (nSPS) is 14.5. The molecule has 0 heterocycles. The van der Waals surface area contributed by atoms with Gasteiger partial charge in [-0.15, -0.1) is 0 Å². The van der Waals surface area contributed by atoms with Crippen molar-refractivity contribution in [2.75, 3.05) is 39.6 Å². The Balaban J connectivity index is 5.34. The van der Waals surface area contributed by atoms with Crippen LogP contribution in [0.5, 0.6) is 0 Å². The number of carbonyl (C=O) groups excluding carboxylic acids is 4. The summed E-state index contributed by atoms with van der Waals surface area (Å²) >= 11 is 0. The maximum absolute atomic E-state index is 13.1. The fourth-order valence-electron chi connectivity index (χ4n) is 9.69. The molecule has 544 valence electrons. The lowest BCUT2D eigenvalue weighted by molar-refractivity contribution is -0.161. The molecular formula is C75H132O17P2. The Morgan fingerprint density at radius 2 is 0.564 bits per heavy atom. The zero-order chi connectivity index (χ0) is 69.0. The number of hydrogen-bond acceptors (Lipinski definition) is 15. The molecular weight excluding hydrogens is 1230 g/mol. The van der Waals surface area contributed by atoms with E-state index in [0.717, 1.165) is 161 Å². The van der Waals surface area contributed by atoms with Crippen molar-refractivity contribution in [2.24, 2.45) is 0 Å². The van der Waals surface area contributed by atoms with Crippen LogP contribution in [0.1, 0.15) is 310 Å². The van der Waals surface area contributed by atoms with E-state index in [9.17, 15) is 43.2 Å².